The molecule has 1 N–H and O–H groups in total. The van der Waals surface area contributed by atoms with Crippen molar-refractivity contribution in [1.82, 2.24) is 29.5 Å². The maximum Gasteiger partial charge on any atom is 0.240 e. The second kappa shape index (κ2) is 8.68. The van der Waals surface area contributed by atoms with E-state index in [2.05, 4.69) is 30.2 Å². The summed E-state index contributed by atoms with van der Waals surface area (Å²) in [6, 6.07) is 6.01. The number of fused-ring (bicyclic) bond motifs is 2. The van der Waals surface area contributed by atoms with E-state index in [-0.39, 0.29) is 12.6 Å². The van der Waals surface area contributed by atoms with Crippen LogP contribution < -0.4 is 5.32 Å². The van der Waals surface area contributed by atoms with Crippen LogP contribution in [0.25, 0.3) is 22.0 Å². The predicted molar refractivity (Wildman–Crippen MR) is 116 cm³/mol. The van der Waals surface area contributed by atoms with Crippen molar-refractivity contribution in [1.29, 1.82) is 0 Å². The van der Waals surface area contributed by atoms with Crippen molar-refractivity contribution in [2.75, 3.05) is 44.7 Å². The Morgan fingerprint density at radius 1 is 1.10 bits per heavy atom. The number of carbonyl (C=O) groups excluding carboxylic acids is 1. The quantitative estimate of drug-likeness (QED) is 0.656. The fourth-order valence-electron chi connectivity index (χ4n) is 4.41. The number of carbonyl (C=O) groups is 1. The van der Waals surface area contributed by atoms with E-state index in [4.69, 9.17) is 0 Å². The molecule has 1 aromatic carbocycles. The Hall–Kier alpha value is -2.91. The molecule has 1 fully saturated rings. The summed E-state index contributed by atoms with van der Waals surface area (Å²) in [6.45, 7) is 4.65. The molecule has 162 valence electrons. The Balaban J connectivity index is 1.37. The molecule has 0 radical (unpaired) electrons. The van der Waals surface area contributed by atoms with Crippen molar-refractivity contribution in [3.05, 3.63) is 36.3 Å². The summed E-state index contributed by atoms with van der Waals surface area (Å²) in [5, 5.41) is 8.24. The zero-order valence-corrected chi connectivity index (χ0v) is 17.4. The number of hydrogen-bond donors (Lipinski definition) is 1. The summed E-state index contributed by atoms with van der Waals surface area (Å²) in [6.07, 6.45) is 5.89. The van der Waals surface area contributed by atoms with E-state index >= 15 is 0 Å². The average molecular weight is 423 g/mol. The lowest BCUT2D eigenvalue weighted by atomic mass is 10.0. The minimum atomic E-state index is -0.345. The number of nitrogens with one attached hydrogen (secondary N) is 1. The molecule has 8 nitrogen and oxygen atoms in total. The van der Waals surface area contributed by atoms with Gasteiger partial charge in [0.15, 0.2) is 0 Å². The molecule has 4 heterocycles. The molecule has 9 heteroatoms. The van der Waals surface area contributed by atoms with Gasteiger partial charge in [-0.1, -0.05) is 12.1 Å². The molecule has 5 rings (SSSR count). The molecule has 2 aliphatic heterocycles. The van der Waals surface area contributed by atoms with Gasteiger partial charge in [-0.3, -0.25) is 24.6 Å². The first-order chi connectivity index (χ1) is 15.2. The summed E-state index contributed by atoms with van der Waals surface area (Å²) < 4.78 is 14.8. The molecule has 2 aliphatic rings. The molecule has 31 heavy (non-hydrogen) atoms. The van der Waals surface area contributed by atoms with E-state index in [1.54, 1.807) is 6.20 Å². The number of aromatic nitrogens is 4. The van der Waals surface area contributed by atoms with Gasteiger partial charge in [-0.2, -0.15) is 5.10 Å². The van der Waals surface area contributed by atoms with Gasteiger partial charge in [0.2, 0.25) is 11.9 Å². The summed E-state index contributed by atoms with van der Waals surface area (Å²) in [4.78, 5) is 25.4. The highest BCUT2D eigenvalue weighted by atomic mass is 19.1. The Kier molecular flexibility index (Phi) is 5.61. The highest BCUT2D eigenvalue weighted by Crippen LogP contribution is 2.29. The van der Waals surface area contributed by atoms with Gasteiger partial charge < -0.3 is 0 Å². The minimum absolute atomic E-state index is 0.0870. The molecule has 0 saturated carbocycles. The van der Waals surface area contributed by atoms with Gasteiger partial charge in [0.25, 0.3) is 0 Å². The molecule has 0 bridgehead atoms. The number of halogens is 1. The van der Waals surface area contributed by atoms with Crippen molar-refractivity contribution in [2.45, 2.75) is 25.9 Å². The number of hydrogen-bond acceptors (Lipinski definition) is 6. The van der Waals surface area contributed by atoms with Gasteiger partial charge in [-0.25, -0.2) is 14.4 Å². The van der Waals surface area contributed by atoms with Crippen LogP contribution in [0.3, 0.4) is 0 Å². The topological polar surface area (TPSA) is 79.2 Å². The molecule has 0 unspecified atom stereocenters. The highest BCUT2D eigenvalue weighted by molar-refractivity contribution is 5.92. The zero-order chi connectivity index (χ0) is 21.2. The SMILES string of the molecule is O=C(CN1CCCC1)Nc1ncc2ccc(-c3cnn4c3CN(CCF)CC4)cc2n1. The van der Waals surface area contributed by atoms with Gasteiger partial charge in [0.05, 0.1) is 30.5 Å². The first-order valence-electron chi connectivity index (χ1n) is 10.8. The van der Waals surface area contributed by atoms with E-state index in [1.165, 1.54) is 0 Å². The lowest BCUT2D eigenvalue weighted by molar-refractivity contribution is -0.117. The van der Waals surface area contributed by atoms with Crippen LogP contribution in [0.5, 0.6) is 0 Å². The Morgan fingerprint density at radius 3 is 2.81 bits per heavy atom. The third-order valence-electron chi connectivity index (χ3n) is 6.06. The summed E-state index contributed by atoms with van der Waals surface area (Å²) >= 11 is 0. The summed E-state index contributed by atoms with van der Waals surface area (Å²) in [7, 11) is 0. The zero-order valence-electron chi connectivity index (χ0n) is 17.4. The average Bonchev–Trinajstić information content (AvgIpc) is 3.43. The fourth-order valence-corrected chi connectivity index (χ4v) is 4.41. The Bertz CT molecular complexity index is 1090. The number of amides is 1. The van der Waals surface area contributed by atoms with Crippen molar-refractivity contribution in [3.8, 4) is 11.1 Å². The second-order valence-electron chi connectivity index (χ2n) is 8.19. The predicted octanol–water partition coefficient (Wildman–Crippen LogP) is 2.31. The first kappa shape index (κ1) is 20.0. The molecule has 0 atom stereocenters. The van der Waals surface area contributed by atoms with Crippen LogP contribution in [0.1, 0.15) is 18.5 Å². The smallest absolute Gasteiger partial charge is 0.240 e. The molecule has 3 aromatic rings. The van der Waals surface area contributed by atoms with Crippen molar-refractivity contribution in [2.24, 2.45) is 0 Å². The molecule has 0 aliphatic carbocycles. The number of alkyl halides is 1. The first-order valence-corrected chi connectivity index (χ1v) is 10.8. The number of nitrogens with zero attached hydrogens (tertiary/aromatic N) is 6. The Morgan fingerprint density at radius 2 is 1.97 bits per heavy atom. The lowest BCUT2D eigenvalue weighted by Gasteiger charge is -2.27. The molecule has 1 saturated heterocycles. The third kappa shape index (κ3) is 4.28. The van der Waals surface area contributed by atoms with Gasteiger partial charge >= 0.3 is 0 Å². The van der Waals surface area contributed by atoms with Gasteiger partial charge in [0.1, 0.15) is 6.67 Å². The van der Waals surface area contributed by atoms with E-state index in [0.717, 1.165) is 66.7 Å². The van der Waals surface area contributed by atoms with Crippen LogP contribution in [0.2, 0.25) is 0 Å². The standard InChI is InChI=1S/C22H26FN7O/c23-5-8-29-9-10-30-20(14-29)18(13-25-30)16-3-4-17-12-24-22(26-19(17)11-16)27-21(31)15-28-6-1-2-7-28/h3-4,11-13H,1-2,5-10,14-15H2,(H,24,26,27,31). The normalized spacial score (nSPS) is 17.2. The van der Waals surface area contributed by atoms with Crippen LogP contribution in [0.15, 0.2) is 30.6 Å². The van der Waals surface area contributed by atoms with Crippen LogP contribution in [0, 0.1) is 0 Å². The molecule has 2 aromatic heterocycles. The second-order valence-corrected chi connectivity index (χ2v) is 8.19. The van der Waals surface area contributed by atoms with E-state index < -0.39 is 0 Å². The minimum Gasteiger partial charge on any atom is -0.295 e. The summed E-state index contributed by atoms with van der Waals surface area (Å²) in [5.41, 5.74) is 3.89. The highest BCUT2D eigenvalue weighted by Gasteiger charge is 2.21. The molecular formula is C22H26FN7O. The maximum atomic E-state index is 12.8. The fraction of sp³-hybridized carbons (Fsp3) is 0.455. The van der Waals surface area contributed by atoms with E-state index in [1.807, 2.05) is 29.1 Å². The Labute approximate surface area is 180 Å². The lowest BCUT2D eigenvalue weighted by Crippen LogP contribution is -2.35. The van der Waals surface area contributed by atoms with E-state index in [0.29, 0.717) is 25.6 Å². The maximum absolute atomic E-state index is 12.8. The van der Waals surface area contributed by atoms with Crippen LogP contribution >= 0.6 is 0 Å². The van der Waals surface area contributed by atoms with Crippen molar-refractivity contribution < 1.29 is 9.18 Å². The number of rotatable bonds is 6. The monoisotopic (exact) mass is 423 g/mol. The van der Waals surface area contributed by atoms with Crippen molar-refractivity contribution in [3.63, 3.8) is 0 Å². The van der Waals surface area contributed by atoms with Crippen LogP contribution in [-0.4, -0.2) is 74.9 Å². The number of likely N-dealkylation sites (tertiary alicyclic amines) is 1. The molecule has 1 amide bonds. The van der Waals surface area contributed by atoms with Gasteiger partial charge in [-0.05, 0) is 37.6 Å². The third-order valence-corrected chi connectivity index (χ3v) is 6.06. The number of benzene rings is 1. The summed E-state index contributed by atoms with van der Waals surface area (Å²) in [5.74, 6) is 0.232. The largest absolute Gasteiger partial charge is 0.295 e. The van der Waals surface area contributed by atoms with Crippen LogP contribution in [0.4, 0.5) is 10.3 Å². The van der Waals surface area contributed by atoms with Crippen molar-refractivity contribution >= 4 is 22.8 Å². The van der Waals surface area contributed by atoms with Gasteiger partial charge in [0, 0.05) is 36.8 Å². The van der Waals surface area contributed by atoms with E-state index in [9.17, 15) is 9.18 Å². The number of anilines is 1. The molecule has 0 spiro atoms. The molecular weight excluding hydrogens is 397 g/mol. The van der Waals surface area contributed by atoms with Crippen LogP contribution in [-0.2, 0) is 17.9 Å². The van der Waals surface area contributed by atoms with Gasteiger partial charge in [-0.15, -0.1) is 0 Å².